The van der Waals surface area contributed by atoms with E-state index >= 15 is 0 Å². The molecule has 16 heavy (non-hydrogen) atoms. The van der Waals surface area contributed by atoms with Gasteiger partial charge in [0.2, 0.25) is 0 Å². The summed E-state index contributed by atoms with van der Waals surface area (Å²) in [6, 6.07) is -0.369. The topological polar surface area (TPSA) is 75.6 Å². The number of carbonyl (C=O) groups is 2. The van der Waals surface area contributed by atoms with Crippen molar-refractivity contribution < 1.29 is 19.4 Å². The third-order valence-corrected chi connectivity index (χ3v) is 1.77. The van der Waals surface area contributed by atoms with Gasteiger partial charge >= 0.3 is 12.1 Å². The van der Waals surface area contributed by atoms with E-state index in [-0.39, 0.29) is 6.04 Å². The summed E-state index contributed by atoms with van der Waals surface area (Å²) in [4.78, 5) is 21.8. The molecule has 0 aromatic carbocycles. The number of amides is 1. The number of hydrogen-bond acceptors (Lipinski definition) is 3. The van der Waals surface area contributed by atoms with E-state index in [1.54, 1.807) is 34.6 Å². The summed E-state index contributed by atoms with van der Waals surface area (Å²) in [5.41, 5.74) is -0.00725. The molecule has 0 aliphatic rings. The fraction of sp³-hybridized carbons (Fsp3) is 0.636. The fourth-order valence-electron chi connectivity index (χ4n) is 0.918. The first kappa shape index (κ1) is 14.5. The van der Waals surface area contributed by atoms with E-state index in [0.29, 0.717) is 5.57 Å². The molecule has 2 N–H and O–H groups in total. The van der Waals surface area contributed by atoms with Crippen LogP contribution in [0.4, 0.5) is 4.79 Å². The van der Waals surface area contributed by atoms with Gasteiger partial charge in [-0.1, -0.05) is 0 Å². The molecule has 0 aromatic heterocycles. The van der Waals surface area contributed by atoms with Gasteiger partial charge in [0.15, 0.2) is 0 Å². The van der Waals surface area contributed by atoms with Crippen LogP contribution in [0.25, 0.3) is 0 Å². The van der Waals surface area contributed by atoms with E-state index in [1.807, 2.05) is 0 Å². The first-order valence-corrected chi connectivity index (χ1v) is 5.02. The van der Waals surface area contributed by atoms with Gasteiger partial charge in [0, 0.05) is 6.08 Å². The molecule has 0 rings (SSSR count). The van der Waals surface area contributed by atoms with E-state index in [9.17, 15) is 9.59 Å². The monoisotopic (exact) mass is 229 g/mol. The Bertz CT molecular complexity index is 302. The second-order valence-electron chi connectivity index (χ2n) is 4.59. The number of hydrogen-bond donors (Lipinski definition) is 2. The lowest BCUT2D eigenvalue weighted by atomic mass is 10.1. The van der Waals surface area contributed by atoms with Crippen LogP contribution in [-0.2, 0) is 9.53 Å². The summed E-state index contributed by atoms with van der Waals surface area (Å²) in [5, 5.41) is 11.1. The highest BCUT2D eigenvalue weighted by atomic mass is 16.6. The average Bonchev–Trinajstić information content (AvgIpc) is 1.98. The van der Waals surface area contributed by atoms with Crippen LogP contribution in [-0.4, -0.2) is 28.8 Å². The second-order valence-corrected chi connectivity index (χ2v) is 4.59. The highest BCUT2D eigenvalue weighted by molar-refractivity contribution is 5.81. The van der Waals surface area contributed by atoms with E-state index in [4.69, 9.17) is 9.84 Å². The first-order valence-electron chi connectivity index (χ1n) is 5.02. The maximum Gasteiger partial charge on any atom is 0.408 e. The molecule has 1 atom stereocenters. The van der Waals surface area contributed by atoms with Gasteiger partial charge in [-0.25, -0.2) is 9.59 Å². The van der Waals surface area contributed by atoms with Gasteiger partial charge in [0.25, 0.3) is 0 Å². The number of alkyl carbamates (subject to hydrolysis) is 1. The van der Waals surface area contributed by atoms with Crippen molar-refractivity contribution in [3.63, 3.8) is 0 Å². The Hall–Kier alpha value is -1.52. The lowest BCUT2D eigenvalue weighted by Crippen LogP contribution is -2.38. The summed E-state index contributed by atoms with van der Waals surface area (Å²) < 4.78 is 5.04. The molecule has 0 fully saturated rings. The Kier molecular flexibility index (Phi) is 5.01. The van der Waals surface area contributed by atoms with Crippen molar-refractivity contribution in [3.05, 3.63) is 11.6 Å². The average molecular weight is 229 g/mol. The molecule has 1 amide bonds. The molecule has 5 nitrogen and oxygen atoms in total. The molecule has 0 saturated carbocycles. The number of carboxylic acid groups (broad SMARTS) is 1. The lowest BCUT2D eigenvalue weighted by Gasteiger charge is -2.22. The first-order chi connectivity index (χ1) is 7.11. The van der Waals surface area contributed by atoms with Gasteiger partial charge in [-0.05, 0) is 40.2 Å². The zero-order chi connectivity index (χ0) is 12.9. The Balaban J connectivity index is 4.30. The Morgan fingerprint density at radius 3 is 2.25 bits per heavy atom. The summed E-state index contributed by atoms with van der Waals surface area (Å²) in [6.07, 6.45) is 0.500. The molecule has 0 saturated heterocycles. The van der Waals surface area contributed by atoms with Crippen LogP contribution in [0.5, 0.6) is 0 Å². The van der Waals surface area contributed by atoms with Crippen LogP contribution in [0, 0.1) is 0 Å². The molecule has 5 heteroatoms. The van der Waals surface area contributed by atoms with E-state index in [1.165, 1.54) is 0 Å². The quantitative estimate of drug-likeness (QED) is 0.725. The van der Waals surface area contributed by atoms with Crippen molar-refractivity contribution in [2.75, 3.05) is 0 Å². The minimum Gasteiger partial charge on any atom is -0.478 e. The van der Waals surface area contributed by atoms with Gasteiger partial charge in [-0.2, -0.15) is 0 Å². The van der Waals surface area contributed by atoms with Gasteiger partial charge in [-0.15, -0.1) is 0 Å². The summed E-state index contributed by atoms with van der Waals surface area (Å²) in [6.45, 7) is 8.61. The number of aliphatic carboxylic acids is 1. The minimum absolute atomic E-state index is 0.369. The smallest absolute Gasteiger partial charge is 0.408 e. The molecule has 0 bridgehead atoms. The van der Waals surface area contributed by atoms with Crippen molar-refractivity contribution in [3.8, 4) is 0 Å². The van der Waals surface area contributed by atoms with Crippen molar-refractivity contribution in [2.45, 2.75) is 46.3 Å². The normalized spacial score (nSPS) is 14.2. The molecule has 0 aliphatic carbocycles. The predicted molar refractivity (Wildman–Crippen MR) is 60.2 cm³/mol. The van der Waals surface area contributed by atoms with Crippen molar-refractivity contribution in [2.24, 2.45) is 0 Å². The van der Waals surface area contributed by atoms with Crippen LogP contribution < -0.4 is 5.32 Å². The molecule has 0 heterocycles. The maximum absolute atomic E-state index is 11.4. The second kappa shape index (κ2) is 5.53. The van der Waals surface area contributed by atoms with Gasteiger partial charge in [0.05, 0.1) is 6.04 Å². The Morgan fingerprint density at radius 2 is 1.88 bits per heavy atom. The molecule has 92 valence electrons. The largest absolute Gasteiger partial charge is 0.478 e. The van der Waals surface area contributed by atoms with E-state index < -0.39 is 17.7 Å². The van der Waals surface area contributed by atoms with Crippen molar-refractivity contribution in [1.82, 2.24) is 5.32 Å². The summed E-state index contributed by atoms with van der Waals surface area (Å²) in [5.74, 6) is -1.03. The lowest BCUT2D eigenvalue weighted by molar-refractivity contribution is -0.131. The van der Waals surface area contributed by atoms with E-state index in [2.05, 4.69) is 5.32 Å². The van der Waals surface area contributed by atoms with Gasteiger partial charge in [-0.3, -0.25) is 0 Å². The summed E-state index contributed by atoms with van der Waals surface area (Å²) >= 11 is 0. The number of nitrogens with one attached hydrogen (secondary N) is 1. The van der Waals surface area contributed by atoms with Crippen LogP contribution in [0.1, 0.15) is 34.6 Å². The molecule has 0 spiro atoms. The van der Waals surface area contributed by atoms with Gasteiger partial charge in [0.1, 0.15) is 5.60 Å². The molecule has 0 aromatic rings. The number of carbonyl (C=O) groups excluding carboxylic acids is 1. The Labute approximate surface area is 95.5 Å². The highest BCUT2D eigenvalue weighted by Crippen LogP contribution is 2.08. The maximum atomic E-state index is 11.4. The third kappa shape index (κ3) is 6.86. The molecule has 0 radical (unpaired) electrons. The fourth-order valence-corrected chi connectivity index (χ4v) is 0.918. The zero-order valence-electron chi connectivity index (χ0n) is 10.3. The molecule has 0 aliphatic heterocycles. The Morgan fingerprint density at radius 1 is 1.38 bits per heavy atom. The van der Waals surface area contributed by atoms with Gasteiger partial charge < -0.3 is 15.2 Å². The van der Waals surface area contributed by atoms with Crippen LogP contribution in [0.2, 0.25) is 0 Å². The minimum atomic E-state index is -1.03. The van der Waals surface area contributed by atoms with Crippen LogP contribution in [0.3, 0.4) is 0 Å². The molecular weight excluding hydrogens is 210 g/mol. The number of carboxylic acids is 1. The van der Waals surface area contributed by atoms with Crippen molar-refractivity contribution >= 4 is 12.1 Å². The third-order valence-electron chi connectivity index (χ3n) is 1.77. The molecular formula is C11H19NO4. The van der Waals surface area contributed by atoms with E-state index in [0.717, 1.165) is 6.08 Å². The van der Waals surface area contributed by atoms with Crippen molar-refractivity contribution in [1.29, 1.82) is 0 Å². The zero-order valence-corrected chi connectivity index (χ0v) is 10.3. The molecule has 0 unspecified atom stereocenters. The SMILES string of the molecule is C/C(=C\C(=O)O)[C@@H](C)NC(=O)OC(C)(C)C. The summed E-state index contributed by atoms with van der Waals surface area (Å²) in [7, 11) is 0. The standard InChI is InChI=1S/C11H19NO4/c1-7(6-9(13)14)8(2)12-10(15)16-11(3,4)5/h6,8H,1-5H3,(H,12,15)(H,13,14)/b7-6+/t8-/m1/s1. The number of rotatable bonds is 3. The van der Waals surface area contributed by atoms with Crippen LogP contribution in [0.15, 0.2) is 11.6 Å². The predicted octanol–water partition coefficient (Wildman–Crippen LogP) is 1.93. The number of ether oxygens (including phenoxy) is 1. The highest BCUT2D eigenvalue weighted by Gasteiger charge is 2.18. The van der Waals surface area contributed by atoms with Crippen LogP contribution >= 0.6 is 0 Å².